The van der Waals surface area contributed by atoms with Gasteiger partial charge in [-0.1, -0.05) is 23.2 Å². The van der Waals surface area contributed by atoms with Gasteiger partial charge < -0.3 is 10.0 Å². The third kappa shape index (κ3) is 3.23. The van der Waals surface area contributed by atoms with Gasteiger partial charge in [0.05, 0.1) is 5.92 Å². The summed E-state index contributed by atoms with van der Waals surface area (Å²) in [6.45, 7) is 1.07. The summed E-state index contributed by atoms with van der Waals surface area (Å²) in [5.41, 5.74) is 1.01. The summed E-state index contributed by atoms with van der Waals surface area (Å²) in [5, 5.41) is 10.2. The minimum atomic E-state index is -0.759. The van der Waals surface area contributed by atoms with Crippen molar-refractivity contribution in [2.75, 3.05) is 13.1 Å². The number of benzene rings is 1. The van der Waals surface area contributed by atoms with E-state index in [0.29, 0.717) is 36.0 Å². The molecule has 0 bridgehead atoms. The molecule has 1 amide bonds. The lowest BCUT2D eigenvalue weighted by atomic mass is 9.96. The second-order valence-electron chi connectivity index (χ2n) is 6.09. The van der Waals surface area contributed by atoms with E-state index in [2.05, 4.69) is 0 Å². The zero-order valence-electron chi connectivity index (χ0n) is 12.0. The molecular formula is C16H17Cl2NO3. The molecule has 2 fully saturated rings. The number of piperidine rings is 1. The van der Waals surface area contributed by atoms with Crippen LogP contribution >= 0.6 is 23.2 Å². The normalized spacial score (nSPS) is 25.1. The van der Waals surface area contributed by atoms with Crippen molar-refractivity contribution in [1.82, 2.24) is 4.90 Å². The predicted octanol–water partition coefficient (Wildman–Crippen LogP) is 3.42. The molecule has 0 radical (unpaired) electrons. The number of halogens is 2. The lowest BCUT2D eigenvalue weighted by Crippen LogP contribution is -2.41. The summed E-state index contributed by atoms with van der Waals surface area (Å²) < 4.78 is 0. The maximum atomic E-state index is 12.5. The van der Waals surface area contributed by atoms with Crippen molar-refractivity contribution in [3.05, 3.63) is 33.8 Å². The highest BCUT2D eigenvalue weighted by molar-refractivity contribution is 6.34. The predicted molar refractivity (Wildman–Crippen MR) is 84.2 cm³/mol. The average molecular weight is 342 g/mol. The molecule has 1 N–H and O–H groups in total. The fourth-order valence-corrected chi connectivity index (χ4v) is 3.75. The molecule has 3 rings (SSSR count). The number of carboxylic acid groups (broad SMARTS) is 1. The number of carboxylic acids is 1. The monoisotopic (exact) mass is 341 g/mol. The summed E-state index contributed by atoms with van der Waals surface area (Å²) in [4.78, 5) is 25.3. The topological polar surface area (TPSA) is 57.6 Å². The van der Waals surface area contributed by atoms with Gasteiger partial charge in [-0.25, -0.2) is 0 Å². The Balaban J connectivity index is 1.60. The molecular weight excluding hydrogens is 325 g/mol. The first-order valence-corrected chi connectivity index (χ1v) is 8.19. The van der Waals surface area contributed by atoms with Crippen molar-refractivity contribution in [2.24, 2.45) is 11.8 Å². The van der Waals surface area contributed by atoms with Crippen LogP contribution in [0.2, 0.25) is 10.0 Å². The number of likely N-dealkylation sites (tertiary alicyclic amines) is 1. The van der Waals surface area contributed by atoms with E-state index in [1.807, 2.05) is 12.1 Å². The van der Waals surface area contributed by atoms with Gasteiger partial charge >= 0.3 is 5.97 Å². The zero-order valence-corrected chi connectivity index (χ0v) is 13.5. The molecule has 1 aromatic rings. The van der Waals surface area contributed by atoms with Crippen molar-refractivity contribution in [3.63, 3.8) is 0 Å². The van der Waals surface area contributed by atoms with Crippen LogP contribution < -0.4 is 0 Å². The number of hydrogen-bond donors (Lipinski definition) is 1. The van der Waals surface area contributed by atoms with Crippen LogP contribution in [-0.4, -0.2) is 35.0 Å². The number of carbonyl (C=O) groups excluding carboxylic acids is 1. The summed E-state index contributed by atoms with van der Waals surface area (Å²) in [7, 11) is 0. The third-order valence-electron chi connectivity index (χ3n) is 4.58. The molecule has 6 heteroatoms. The first-order valence-electron chi connectivity index (χ1n) is 7.43. The van der Waals surface area contributed by atoms with Gasteiger partial charge in [-0.05, 0) is 48.9 Å². The van der Waals surface area contributed by atoms with Crippen LogP contribution in [-0.2, 0) is 9.59 Å². The number of hydrogen-bond acceptors (Lipinski definition) is 2. The third-order valence-corrected chi connectivity index (χ3v) is 5.01. The molecule has 1 saturated heterocycles. The van der Waals surface area contributed by atoms with E-state index in [9.17, 15) is 9.59 Å². The van der Waals surface area contributed by atoms with Crippen molar-refractivity contribution >= 4 is 35.1 Å². The van der Waals surface area contributed by atoms with Crippen molar-refractivity contribution in [2.45, 2.75) is 25.2 Å². The molecule has 2 atom stereocenters. The Morgan fingerprint density at radius 3 is 2.23 bits per heavy atom. The van der Waals surface area contributed by atoms with Crippen LogP contribution in [0, 0.1) is 11.8 Å². The van der Waals surface area contributed by atoms with Crippen LogP contribution in [0.5, 0.6) is 0 Å². The smallest absolute Gasteiger partial charge is 0.306 e. The molecule has 2 aliphatic rings. The summed E-state index contributed by atoms with van der Waals surface area (Å²) >= 11 is 12.0. The number of nitrogens with zero attached hydrogens (tertiary/aromatic N) is 1. The Hall–Kier alpha value is -1.26. The van der Waals surface area contributed by atoms with Gasteiger partial charge in [0.2, 0.25) is 5.91 Å². The van der Waals surface area contributed by atoms with E-state index < -0.39 is 5.97 Å². The van der Waals surface area contributed by atoms with E-state index in [-0.39, 0.29) is 23.7 Å². The molecule has 1 aromatic carbocycles. The second-order valence-corrected chi connectivity index (χ2v) is 6.96. The standard InChI is InChI=1S/C16H17Cl2NO3/c17-11-5-10(6-12(18)7-11)13-8-14(13)15(20)19-3-1-9(2-4-19)16(21)22/h5-7,9,13-14H,1-4,8H2,(H,21,22)/t13-,14+/m1/s1. The number of rotatable bonds is 3. The van der Waals surface area contributed by atoms with Gasteiger partial charge in [0.1, 0.15) is 0 Å². The van der Waals surface area contributed by atoms with Crippen LogP contribution in [0.4, 0.5) is 0 Å². The minimum absolute atomic E-state index is 0.0177. The van der Waals surface area contributed by atoms with E-state index in [0.717, 1.165) is 12.0 Å². The molecule has 0 unspecified atom stereocenters. The number of amides is 1. The Bertz CT molecular complexity index is 591. The van der Waals surface area contributed by atoms with Gasteiger partial charge in [0, 0.05) is 29.1 Å². The largest absolute Gasteiger partial charge is 0.481 e. The van der Waals surface area contributed by atoms with Gasteiger partial charge in [-0.15, -0.1) is 0 Å². The van der Waals surface area contributed by atoms with Gasteiger partial charge in [-0.3, -0.25) is 9.59 Å². The molecule has 118 valence electrons. The molecule has 1 saturated carbocycles. The molecule has 1 aliphatic carbocycles. The maximum absolute atomic E-state index is 12.5. The first-order chi connectivity index (χ1) is 10.5. The molecule has 1 heterocycles. The summed E-state index contributed by atoms with van der Waals surface area (Å²) in [5.74, 6) is -0.780. The lowest BCUT2D eigenvalue weighted by Gasteiger charge is -2.30. The Morgan fingerprint density at radius 2 is 1.68 bits per heavy atom. The highest BCUT2D eigenvalue weighted by atomic mass is 35.5. The zero-order chi connectivity index (χ0) is 15.9. The number of carbonyl (C=O) groups is 2. The fraction of sp³-hybridized carbons (Fsp3) is 0.500. The van der Waals surface area contributed by atoms with E-state index in [1.165, 1.54) is 0 Å². The number of aliphatic carboxylic acids is 1. The van der Waals surface area contributed by atoms with Crippen LogP contribution in [0.3, 0.4) is 0 Å². The molecule has 0 spiro atoms. The first kappa shape index (κ1) is 15.6. The van der Waals surface area contributed by atoms with Crippen LogP contribution in [0.1, 0.15) is 30.7 Å². The molecule has 4 nitrogen and oxygen atoms in total. The van der Waals surface area contributed by atoms with Crippen LogP contribution in [0.25, 0.3) is 0 Å². The molecule has 1 aliphatic heterocycles. The van der Waals surface area contributed by atoms with Crippen molar-refractivity contribution in [3.8, 4) is 0 Å². The van der Waals surface area contributed by atoms with Gasteiger partial charge in [-0.2, -0.15) is 0 Å². The Morgan fingerprint density at radius 1 is 1.09 bits per heavy atom. The van der Waals surface area contributed by atoms with Crippen LogP contribution in [0.15, 0.2) is 18.2 Å². The van der Waals surface area contributed by atoms with E-state index >= 15 is 0 Å². The quantitative estimate of drug-likeness (QED) is 0.916. The van der Waals surface area contributed by atoms with Crippen molar-refractivity contribution < 1.29 is 14.7 Å². The van der Waals surface area contributed by atoms with Crippen molar-refractivity contribution in [1.29, 1.82) is 0 Å². The highest BCUT2D eigenvalue weighted by Gasteiger charge is 2.46. The highest BCUT2D eigenvalue weighted by Crippen LogP contribution is 2.49. The fourth-order valence-electron chi connectivity index (χ4n) is 3.21. The van der Waals surface area contributed by atoms with E-state index in [4.69, 9.17) is 28.3 Å². The summed E-state index contributed by atoms with van der Waals surface area (Å²) in [6, 6.07) is 5.41. The molecule has 0 aromatic heterocycles. The maximum Gasteiger partial charge on any atom is 0.306 e. The Kier molecular flexibility index (Phi) is 4.33. The Labute approximate surface area is 139 Å². The van der Waals surface area contributed by atoms with Gasteiger partial charge in [0.25, 0.3) is 0 Å². The van der Waals surface area contributed by atoms with E-state index in [1.54, 1.807) is 11.0 Å². The lowest BCUT2D eigenvalue weighted by molar-refractivity contribution is -0.146. The summed E-state index contributed by atoms with van der Waals surface area (Å²) in [6.07, 6.45) is 1.90. The minimum Gasteiger partial charge on any atom is -0.481 e. The van der Waals surface area contributed by atoms with Gasteiger partial charge in [0.15, 0.2) is 0 Å². The molecule has 22 heavy (non-hydrogen) atoms. The SMILES string of the molecule is O=C(O)C1CCN(C(=O)[C@H]2C[C@@H]2c2cc(Cl)cc(Cl)c2)CC1. The average Bonchev–Trinajstić information content (AvgIpc) is 3.26. The second kappa shape index (κ2) is 6.09.